The van der Waals surface area contributed by atoms with Gasteiger partial charge in [0.25, 0.3) is 5.91 Å². The van der Waals surface area contributed by atoms with E-state index < -0.39 is 29.9 Å². The molecule has 0 unspecified atom stereocenters. The standard InChI is InChI=1S/C19H20FNO4S/c1-19(2,25-14-10-8-13(20)9-11-14)18(23)24-12-17(22)21-15-6-4-5-7-16(15)26-3/h4-11H,12H2,1-3H3,(H,21,22). The number of nitrogens with one attached hydrogen (secondary N) is 1. The lowest BCUT2D eigenvalue weighted by Crippen LogP contribution is -2.41. The van der Waals surface area contributed by atoms with Crippen LogP contribution in [0, 0.1) is 5.82 Å². The van der Waals surface area contributed by atoms with Crippen molar-refractivity contribution in [1.82, 2.24) is 0 Å². The second kappa shape index (κ2) is 8.71. The van der Waals surface area contributed by atoms with E-state index >= 15 is 0 Å². The van der Waals surface area contributed by atoms with Crippen LogP contribution in [0.4, 0.5) is 10.1 Å². The molecule has 0 atom stereocenters. The van der Waals surface area contributed by atoms with Gasteiger partial charge >= 0.3 is 5.97 Å². The SMILES string of the molecule is CSc1ccccc1NC(=O)COC(=O)C(C)(C)Oc1ccc(F)cc1. The van der Waals surface area contributed by atoms with Gasteiger partial charge in [0.15, 0.2) is 12.2 Å². The van der Waals surface area contributed by atoms with Gasteiger partial charge in [-0.3, -0.25) is 4.79 Å². The minimum atomic E-state index is -1.32. The molecule has 0 saturated carbocycles. The van der Waals surface area contributed by atoms with Gasteiger partial charge in [0, 0.05) is 4.90 Å². The summed E-state index contributed by atoms with van der Waals surface area (Å²) in [6, 6.07) is 12.6. The Morgan fingerprint density at radius 3 is 2.42 bits per heavy atom. The molecule has 0 radical (unpaired) electrons. The van der Waals surface area contributed by atoms with Crippen LogP contribution in [0.25, 0.3) is 0 Å². The van der Waals surface area contributed by atoms with Crippen LogP contribution in [0.3, 0.4) is 0 Å². The van der Waals surface area contributed by atoms with Gasteiger partial charge in [-0.1, -0.05) is 12.1 Å². The minimum Gasteiger partial charge on any atom is -0.476 e. The van der Waals surface area contributed by atoms with Crippen LogP contribution >= 0.6 is 11.8 Å². The van der Waals surface area contributed by atoms with E-state index in [2.05, 4.69) is 5.32 Å². The monoisotopic (exact) mass is 377 g/mol. The summed E-state index contributed by atoms with van der Waals surface area (Å²) in [7, 11) is 0. The molecule has 5 nitrogen and oxygen atoms in total. The van der Waals surface area contributed by atoms with Crippen LogP contribution in [-0.4, -0.2) is 30.3 Å². The Labute approximate surface area is 155 Å². The summed E-state index contributed by atoms with van der Waals surface area (Å²) in [5.41, 5.74) is -0.669. The molecule has 2 rings (SSSR count). The summed E-state index contributed by atoms with van der Waals surface area (Å²) >= 11 is 1.50. The fourth-order valence-corrected chi connectivity index (χ4v) is 2.63. The Morgan fingerprint density at radius 1 is 1.12 bits per heavy atom. The number of halogens is 1. The molecule has 1 amide bonds. The topological polar surface area (TPSA) is 64.6 Å². The zero-order valence-corrected chi connectivity index (χ0v) is 15.6. The lowest BCUT2D eigenvalue weighted by Gasteiger charge is -2.24. The van der Waals surface area contributed by atoms with Gasteiger partial charge in [-0.25, -0.2) is 9.18 Å². The van der Waals surface area contributed by atoms with Crippen LogP contribution in [-0.2, 0) is 14.3 Å². The largest absolute Gasteiger partial charge is 0.476 e. The average molecular weight is 377 g/mol. The van der Waals surface area contributed by atoms with E-state index in [-0.39, 0.29) is 0 Å². The van der Waals surface area contributed by atoms with E-state index in [1.54, 1.807) is 12.1 Å². The van der Waals surface area contributed by atoms with E-state index in [0.717, 1.165) is 4.90 Å². The fraction of sp³-hybridized carbons (Fsp3) is 0.263. The third-order valence-electron chi connectivity index (χ3n) is 3.39. The Kier molecular flexibility index (Phi) is 6.63. The highest BCUT2D eigenvalue weighted by Crippen LogP contribution is 2.24. The summed E-state index contributed by atoms with van der Waals surface area (Å²) in [5, 5.41) is 2.70. The number of hydrogen-bond acceptors (Lipinski definition) is 5. The Balaban J connectivity index is 1.90. The molecule has 0 aromatic heterocycles. The summed E-state index contributed by atoms with van der Waals surface area (Å²) < 4.78 is 23.5. The van der Waals surface area contributed by atoms with Crippen molar-refractivity contribution in [2.75, 3.05) is 18.2 Å². The molecule has 7 heteroatoms. The Hall–Kier alpha value is -2.54. The molecule has 2 aromatic rings. The molecule has 0 aliphatic carbocycles. The maximum atomic E-state index is 12.9. The Bertz CT molecular complexity index is 777. The molecule has 138 valence electrons. The van der Waals surface area contributed by atoms with Crippen LogP contribution in [0.15, 0.2) is 53.4 Å². The predicted molar refractivity (Wildman–Crippen MR) is 98.9 cm³/mol. The summed E-state index contributed by atoms with van der Waals surface area (Å²) in [6.07, 6.45) is 1.90. The zero-order chi connectivity index (χ0) is 19.2. The molecule has 0 saturated heterocycles. The number of carbonyl (C=O) groups is 2. The molecule has 0 fully saturated rings. The molecular formula is C19H20FNO4S. The van der Waals surface area contributed by atoms with Crippen molar-refractivity contribution in [3.63, 3.8) is 0 Å². The van der Waals surface area contributed by atoms with Crippen molar-refractivity contribution in [2.45, 2.75) is 24.3 Å². The van der Waals surface area contributed by atoms with E-state index in [4.69, 9.17) is 9.47 Å². The van der Waals surface area contributed by atoms with Crippen LogP contribution in [0.5, 0.6) is 5.75 Å². The van der Waals surface area contributed by atoms with Gasteiger partial charge in [-0.2, -0.15) is 0 Å². The molecule has 0 bridgehead atoms. The summed E-state index contributed by atoms with van der Waals surface area (Å²) in [6.45, 7) is 2.59. The first-order valence-corrected chi connectivity index (χ1v) is 9.09. The number of carbonyl (C=O) groups excluding carboxylic acids is 2. The van der Waals surface area contributed by atoms with Gasteiger partial charge < -0.3 is 14.8 Å². The predicted octanol–water partition coefficient (Wildman–Crippen LogP) is 3.89. The number of anilines is 1. The van der Waals surface area contributed by atoms with E-state index in [1.165, 1.54) is 49.9 Å². The second-order valence-electron chi connectivity index (χ2n) is 5.89. The van der Waals surface area contributed by atoms with Crippen LogP contribution < -0.4 is 10.1 Å². The first-order valence-electron chi connectivity index (χ1n) is 7.86. The van der Waals surface area contributed by atoms with Gasteiger partial charge in [0.05, 0.1) is 5.69 Å². The van der Waals surface area contributed by atoms with Gasteiger partial charge in [-0.05, 0) is 56.5 Å². The summed E-state index contributed by atoms with van der Waals surface area (Å²) in [4.78, 5) is 25.1. The highest BCUT2D eigenvalue weighted by molar-refractivity contribution is 7.98. The van der Waals surface area contributed by atoms with Crippen LogP contribution in [0.1, 0.15) is 13.8 Å². The van der Waals surface area contributed by atoms with Gasteiger partial charge in [0.1, 0.15) is 11.6 Å². The first-order chi connectivity index (χ1) is 12.3. The maximum absolute atomic E-state index is 12.9. The lowest BCUT2D eigenvalue weighted by molar-refractivity contribution is -0.161. The molecule has 0 aliphatic heterocycles. The number of ether oxygens (including phenoxy) is 2. The number of thioether (sulfide) groups is 1. The van der Waals surface area contributed by atoms with Crippen LogP contribution in [0.2, 0.25) is 0 Å². The molecular weight excluding hydrogens is 357 g/mol. The number of hydrogen-bond donors (Lipinski definition) is 1. The molecule has 0 heterocycles. The van der Waals surface area contributed by atoms with Crippen molar-refractivity contribution in [2.24, 2.45) is 0 Å². The maximum Gasteiger partial charge on any atom is 0.350 e. The summed E-state index contributed by atoms with van der Waals surface area (Å²) in [5.74, 6) is -1.22. The number of benzene rings is 2. The lowest BCUT2D eigenvalue weighted by atomic mass is 10.1. The highest BCUT2D eigenvalue weighted by Gasteiger charge is 2.32. The molecule has 1 N–H and O–H groups in total. The number of esters is 1. The Morgan fingerprint density at radius 2 is 1.77 bits per heavy atom. The van der Waals surface area contributed by atoms with Crippen molar-refractivity contribution < 1.29 is 23.5 Å². The van der Waals surface area contributed by atoms with Crippen molar-refractivity contribution in [3.8, 4) is 5.75 Å². The first kappa shape index (κ1) is 19.8. The van der Waals surface area contributed by atoms with E-state index in [0.29, 0.717) is 11.4 Å². The number of amides is 1. The van der Waals surface area contributed by atoms with E-state index in [9.17, 15) is 14.0 Å². The normalized spacial score (nSPS) is 10.9. The van der Waals surface area contributed by atoms with E-state index in [1.807, 2.05) is 18.4 Å². The van der Waals surface area contributed by atoms with Gasteiger partial charge in [-0.15, -0.1) is 11.8 Å². The smallest absolute Gasteiger partial charge is 0.350 e. The highest BCUT2D eigenvalue weighted by atomic mass is 32.2. The molecule has 2 aromatic carbocycles. The zero-order valence-electron chi connectivity index (χ0n) is 14.7. The molecule has 0 aliphatic rings. The second-order valence-corrected chi connectivity index (χ2v) is 6.74. The molecule has 26 heavy (non-hydrogen) atoms. The fourth-order valence-electron chi connectivity index (χ4n) is 2.08. The number of para-hydroxylation sites is 1. The van der Waals surface area contributed by atoms with Crippen molar-refractivity contribution >= 4 is 29.3 Å². The third kappa shape index (κ3) is 5.49. The van der Waals surface area contributed by atoms with Crippen molar-refractivity contribution in [1.29, 1.82) is 0 Å². The third-order valence-corrected chi connectivity index (χ3v) is 4.19. The van der Waals surface area contributed by atoms with Crippen molar-refractivity contribution in [3.05, 3.63) is 54.3 Å². The van der Waals surface area contributed by atoms with Gasteiger partial charge in [0.2, 0.25) is 0 Å². The molecule has 0 spiro atoms. The minimum absolute atomic E-state index is 0.326. The average Bonchev–Trinajstić information content (AvgIpc) is 2.62. The number of rotatable bonds is 7. The quantitative estimate of drug-likeness (QED) is 0.586.